The van der Waals surface area contributed by atoms with Crippen LogP contribution in [-0.4, -0.2) is 190 Å². The van der Waals surface area contributed by atoms with Gasteiger partial charge < -0.3 is 34.3 Å². The molecule has 9 aromatic heterocycles. The molecule has 4 aliphatic heterocycles. The Morgan fingerprint density at radius 2 is 0.777 bits per heavy atom. The second-order valence-corrected chi connectivity index (χ2v) is 36.2. The van der Waals surface area contributed by atoms with E-state index in [-0.39, 0.29) is 149 Å². The van der Waals surface area contributed by atoms with Crippen molar-refractivity contribution in [3.8, 4) is 50.8 Å². The number of carbonyl (C=O) groups is 3. The first kappa shape index (κ1) is 93.8. The van der Waals surface area contributed by atoms with Crippen molar-refractivity contribution < 1.29 is 27.6 Å². The van der Waals surface area contributed by atoms with Gasteiger partial charge >= 0.3 is 17.1 Å². The van der Waals surface area contributed by atoms with Crippen LogP contribution in [0.25, 0.3) is 83.9 Å². The van der Waals surface area contributed by atoms with Crippen LogP contribution < -0.4 is 36.7 Å². The minimum Gasteiger partial charge on any atom is -0.349 e. The van der Waals surface area contributed by atoms with E-state index >= 15 is 8.78 Å². The first-order valence-corrected chi connectivity index (χ1v) is 44.8. The van der Waals surface area contributed by atoms with Crippen LogP contribution in [0.1, 0.15) is 161 Å². The van der Waals surface area contributed by atoms with Gasteiger partial charge in [-0.05, 0) is 169 Å². The van der Waals surface area contributed by atoms with E-state index in [0.717, 1.165) is 25.1 Å². The van der Waals surface area contributed by atoms with Crippen LogP contribution in [0.2, 0.25) is 20.2 Å². The normalized spacial score (nSPS) is 17.7. The van der Waals surface area contributed by atoms with Crippen molar-refractivity contribution >= 4 is 121 Å². The summed E-state index contributed by atoms with van der Waals surface area (Å²) in [7, 11) is 0. The van der Waals surface area contributed by atoms with E-state index in [9.17, 15) is 33.2 Å². The first-order chi connectivity index (χ1) is 61.9. The molecule has 0 aliphatic carbocycles. The predicted octanol–water partition coefficient (Wildman–Crippen LogP) is 17.5. The van der Waals surface area contributed by atoms with Gasteiger partial charge in [0.1, 0.15) is 46.9 Å². The van der Waals surface area contributed by atoms with Crippen molar-refractivity contribution in [2.75, 3.05) is 72.0 Å². The fraction of sp³-hybridized carbons (Fsp3) is 0.365. The number of aryl methyl sites for hydroxylation is 2. The number of fused-ring (bicyclic) bond motifs is 3. The number of piperazine rings is 3. The Kier molecular flexibility index (Phi) is 27.7. The molecule has 34 heteroatoms. The maximum absolute atomic E-state index is 15.4. The molecule has 3 aromatic carbocycles. The number of aromatic nitrogens is 14. The standard InChI is InChI=1S/C35H40ClFN8O2.C32H34ClFN6O2.C29H28Cl2FN7O2/c1-8-27(46)43-17-22(7)44(18-21(43)6)32-24-16-25(36)30(23-12-9-10-13-26(23)37)38-33(24)45(35(47)41-32)31-28(19(2)3)39-34(42-14-11-15-42)40-29(31)20(4)5;1-8-25(41)38-15-21(7)39(16-20(38)6)30-23-14-24(33)28(22-11-9-10-18(4)26(22)34)36-31(23)40(32(42)37-30)29-19(5)12-13-35-27(29)17(2)3;1-6-22(40)37-12-17(5)38(13-16(37)4)27-19-11-20(30)24(18-9-7-8-10-21(18)32)35-28(19)39(29(41)36-27)25-23(15(2)3)33-14-34-26(25)31/h8-10,12-13,16,19-22H,1,11,14-15,17-18H2,2-7H3;8-14,17,20-21H,1,15-16H2,2-7H3;6-11,14-17H,1,12-13H2,2-5H3. The molecule has 4 saturated heterocycles. The van der Waals surface area contributed by atoms with Crippen LogP contribution in [-0.2, 0) is 14.4 Å². The van der Waals surface area contributed by atoms with Gasteiger partial charge in [-0.2, -0.15) is 15.0 Å². The number of hydrogen-bond donors (Lipinski definition) is 0. The van der Waals surface area contributed by atoms with Crippen LogP contribution in [0, 0.1) is 31.3 Å². The fourth-order valence-corrected chi connectivity index (χ4v) is 18.3. The molecule has 3 amide bonds. The summed E-state index contributed by atoms with van der Waals surface area (Å²) in [5.41, 5.74) is 5.50. The maximum Gasteiger partial charge on any atom is 0.356 e. The third kappa shape index (κ3) is 17.9. The van der Waals surface area contributed by atoms with E-state index in [4.69, 9.17) is 76.3 Å². The molecule has 0 bridgehead atoms. The second-order valence-electron chi connectivity index (χ2n) is 34.6. The highest BCUT2D eigenvalue weighted by Crippen LogP contribution is 2.43. The lowest BCUT2D eigenvalue weighted by Gasteiger charge is -2.44. The van der Waals surface area contributed by atoms with Gasteiger partial charge in [0.05, 0.1) is 82.5 Å². The molecule has 4 aliphatic rings. The lowest BCUT2D eigenvalue weighted by atomic mass is 10.0. The molecule has 6 atom stereocenters. The highest BCUT2D eigenvalue weighted by atomic mass is 35.5. The van der Waals surface area contributed by atoms with E-state index in [0.29, 0.717) is 124 Å². The Bertz CT molecular complexity index is 6690. The Morgan fingerprint density at radius 1 is 0.415 bits per heavy atom. The minimum atomic E-state index is -0.662. The Hall–Kier alpha value is -12.4. The van der Waals surface area contributed by atoms with Crippen molar-refractivity contribution in [2.45, 2.75) is 177 Å². The van der Waals surface area contributed by atoms with Crippen LogP contribution in [0.4, 0.5) is 36.6 Å². The molecular weight excluding hydrogens is 1740 g/mol. The number of anilines is 4. The zero-order valence-electron chi connectivity index (χ0n) is 75.3. The van der Waals surface area contributed by atoms with Crippen molar-refractivity contribution in [1.29, 1.82) is 0 Å². The van der Waals surface area contributed by atoms with Gasteiger partial charge in [-0.15, -0.1) is 0 Å². The SMILES string of the molecule is C=CC(=O)N1CC(C)N(c2nc(=O)n(-c3c(C(C)C)nc(N4CCC4)nc3C(C)C)c3nc(-c4ccccc4F)c(Cl)cc23)CC1C.C=CC(=O)N1CC(C)N(c2nc(=O)n(-c3c(C)ccnc3C(C)C)c3nc(-c4cccc(C)c4F)c(Cl)cc23)CC1C.C=CC(=O)N1CC(C)N(c2nc(=O)n(-c3c(Cl)ncnc3C(C)C)c3nc(-c4ccccc4F)c(Cl)cc23)CC1C. The predicted molar refractivity (Wildman–Crippen MR) is 508 cm³/mol. The van der Waals surface area contributed by atoms with Crippen LogP contribution >= 0.6 is 46.4 Å². The average molecular weight is 1840 g/mol. The Morgan fingerprint density at radius 3 is 1.15 bits per heavy atom. The zero-order chi connectivity index (χ0) is 93.8. The summed E-state index contributed by atoms with van der Waals surface area (Å²) in [5, 5.41) is 2.18. The Balaban J connectivity index is 0.000000158. The molecule has 676 valence electrons. The molecule has 12 aromatic rings. The lowest BCUT2D eigenvalue weighted by molar-refractivity contribution is -0.129. The molecule has 130 heavy (non-hydrogen) atoms. The van der Waals surface area contributed by atoms with Crippen LogP contribution in [0.5, 0.6) is 0 Å². The number of carbonyl (C=O) groups excluding carboxylic acids is 3. The van der Waals surface area contributed by atoms with Gasteiger partial charge in [0.25, 0.3) is 0 Å². The number of pyridine rings is 4. The molecule has 0 spiro atoms. The van der Waals surface area contributed by atoms with Crippen molar-refractivity contribution in [3.05, 3.63) is 245 Å². The fourth-order valence-electron chi connectivity index (χ4n) is 17.3. The van der Waals surface area contributed by atoms with Crippen molar-refractivity contribution in [2.24, 2.45) is 0 Å². The third-order valence-electron chi connectivity index (χ3n) is 24.1. The molecule has 6 unspecified atom stereocenters. The van der Waals surface area contributed by atoms with Gasteiger partial charge in [0, 0.05) is 111 Å². The van der Waals surface area contributed by atoms with Gasteiger partial charge in [-0.3, -0.25) is 19.4 Å². The summed E-state index contributed by atoms with van der Waals surface area (Å²) in [6.45, 7) is 46.4. The largest absolute Gasteiger partial charge is 0.356 e. The zero-order valence-corrected chi connectivity index (χ0v) is 78.3. The summed E-state index contributed by atoms with van der Waals surface area (Å²) in [5.74, 6) is -0.355. The van der Waals surface area contributed by atoms with Crippen molar-refractivity contribution in [1.82, 2.24) is 83.2 Å². The molecule has 13 heterocycles. The number of amides is 3. The summed E-state index contributed by atoms with van der Waals surface area (Å²) in [6, 6.07) is 23.3. The number of nitrogens with zero attached hydrogens (tertiary/aromatic N) is 21. The van der Waals surface area contributed by atoms with E-state index < -0.39 is 34.5 Å². The van der Waals surface area contributed by atoms with Gasteiger partial charge in [0.15, 0.2) is 22.1 Å². The van der Waals surface area contributed by atoms with E-state index in [1.807, 2.05) is 125 Å². The Labute approximate surface area is 771 Å². The summed E-state index contributed by atoms with van der Waals surface area (Å²) in [4.78, 5) is 145. The van der Waals surface area contributed by atoms with Gasteiger partial charge in [-0.1, -0.05) is 158 Å². The molecule has 16 rings (SSSR count). The smallest absolute Gasteiger partial charge is 0.349 e. The van der Waals surface area contributed by atoms with Crippen LogP contribution in [0.3, 0.4) is 0 Å². The van der Waals surface area contributed by atoms with E-state index in [1.165, 1.54) is 50.4 Å². The van der Waals surface area contributed by atoms with Crippen molar-refractivity contribution in [3.63, 3.8) is 0 Å². The summed E-state index contributed by atoms with van der Waals surface area (Å²) in [6.07, 6.45) is 8.04. The lowest BCUT2D eigenvalue weighted by Crippen LogP contribution is -2.58. The third-order valence-corrected chi connectivity index (χ3v) is 25.3. The average Bonchev–Trinajstić information content (AvgIpc) is 0.733. The molecule has 0 N–H and O–H groups in total. The highest BCUT2D eigenvalue weighted by Gasteiger charge is 2.40. The summed E-state index contributed by atoms with van der Waals surface area (Å²) >= 11 is 27.0. The van der Waals surface area contributed by atoms with Gasteiger partial charge in [0.2, 0.25) is 23.7 Å². The monoisotopic (exact) mass is 1840 g/mol. The number of hydrogen-bond acceptors (Lipinski definition) is 21. The van der Waals surface area contributed by atoms with Gasteiger partial charge in [-0.25, -0.2) is 76.1 Å². The highest BCUT2D eigenvalue weighted by molar-refractivity contribution is 6.35. The molecule has 4 fully saturated rings. The molecular formula is C96H102Cl4F3N21O6. The molecule has 0 radical (unpaired) electrons. The van der Waals surface area contributed by atoms with E-state index in [1.54, 1.807) is 101 Å². The quantitative estimate of drug-likeness (QED) is 0.0604. The first-order valence-electron chi connectivity index (χ1n) is 43.3. The van der Waals surface area contributed by atoms with Crippen LogP contribution in [0.15, 0.2) is 156 Å². The second kappa shape index (κ2) is 38.4. The molecule has 0 saturated carbocycles. The number of rotatable bonds is 17. The number of benzene rings is 3. The topological polar surface area (TPSA) is 282 Å². The maximum atomic E-state index is 15.4. The molecule has 27 nitrogen and oxygen atoms in total. The van der Waals surface area contributed by atoms with E-state index in [2.05, 4.69) is 49.6 Å². The number of halogens is 7. The summed E-state index contributed by atoms with van der Waals surface area (Å²) < 4.78 is 49.7. The minimum absolute atomic E-state index is 0.00105.